The van der Waals surface area contributed by atoms with Gasteiger partial charge in [-0.25, -0.2) is 4.79 Å². The van der Waals surface area contributed by atoms with Crippen LogP contribution in [0.15, 0.2) is 29.2 Å². The maximum Gasteiger partial charge on any atom is 0.317 e. The second kappa shape index (κ2) is 6.02. The standard InChI is InChI=1S/C18H19ClN4O3/c1-22-17(26)21-10-18(22)5-7-23(8-6-18)16(25)12-9-20-14-11(15(12)24)3-2-4-13(14)19/h2-4,9H,5-8,10H2,1H3,(H,20,24)(H,21,26). The Balaban J connectivity index is 1.58. The number of nitrogens with zero attached hydrogens (tertiary/aromatic N) is 2. The Kier molecular flexibility index (Phi) is 3.91. The van der Waals surface area contributed by atoms with E-state index in [-0.39, 0.29) is 28.5 Å². The van der Waals surface area contributed by atoms with Gasteiger partial charge in [-0.15, -0.1) is 0 Å². The minimum Gasteiger partial charge on any atom is -0.359 e. The number of carbonyl (C=O) groups is 2. The monoisotopic (exact) mass is 374 g/mol. The number of fused-ring (bicyclic) bond motifs is 1. The van der Waals surface area contributed by atoms with Gasteiger partial charge in [0.25, 0.3) is 5.91 Å². The number of carbonyl (C=O) groups excluding carboxylic acids is 2. The van der Waals surface area contributed by atoms with Gasteiger partial charge in [0.1, 0.15) is 5.56 Å². The van der Waals surface area contributed by atoms with Gasteiger partial charge in [0, 0.05) is 38.3 Å². The van der Waals surface area contributed by atoms with E-state index in [0.29, 0.717) is 48.4 Å². The van der Waals surface area contributed by atoms with Crippen molar-refractivity contribution in [3.63, 3.8) is 0 Å². The number of benzene rings is 1. The summed E-state index contributed by atoms with van der Waals surface area (Å²) in [5.74, 6) is -0.289. The van der Waals surface area contributed by atoms with Crippen LogP contribution in [-0.4, -0.2) is 58.9 Å². The Bertz CT molecular complexity index is 963. The Morgan fingerprint density at radius 1 is 1.23 bits per heavy atom. The zero-order chi connectivity index (χ0) is 18.5. The number of aromatic amines is 1. The summed E-state index contributed by atoms with van der Waals surface area (Å²) < 4.78 is 0. The molecule has 2 aromatic rings. The maximum absolute atomic E-state index is 12.9. The van der Waals surface area contributed by atoms with Crippen molar-refractivity contribution in [1.82, 2.24) is 20.1 Å². The molecule has 2 fully saturated rings. The Morgan fingerprint density at radius 2 is 1.96 bits per heavy atom. The zero-order valence-electron chi connectivity index (χ0n) is 14.3. The van der Waals surface area contributed by atoms with Crippen LogP contribution in [0.25, 0.3) is 10.9 Å². The van der Waals surface area contributed by atoms with Crippen LogP contribution in [0.2, 0.25) is 5.02 Å². The molecule has 2 aliphatic rings. The quantitative estimate of drug-likeness (QED) is 0.798. The number of halogens is 1. The van der Waals surface area contributed by atoms with Gasteiger partial charge in [0.05, 0.1) is 16.1 Å². The SMILES string of the molecule is CN1C(=O)NCC12CCN(C(=O)c1c[nH]c3c(Cl)cccc3c1=O)CC2. The van der Waals surface area contributed by atoms with Crippen LogP contribution >= 0.6 is 11.6 Å². The van der Waals surface area contributed by atoms with E-state index in [4.69, 9.17) is 11.6 Å². The second-order valence-corrected chi connectivity index (χ2v) is 7.34. The molecule has 8 heteroatoms. The molecule has 3 amide bonds. The van der Waals surface area contributed by atoms with E-state index in [0.717, 1.165) is 0 Å². The predicted molar refractivity (Wildman–Crippen MR) is 98.6 cm³/mol. The fraction of sp³-hybridized carbons (Fsp3) is 0.389. The maximum atomic E-state index is 12.9. The van der Waals surface area contributed by atoms with Crippen molar-refractivity contribution in [2.75, 3.05) is 26.7 Å². The average Bonchev–Trinajstić information content (AvgIpc) is 2.92. The lowest BCUT2D eigenvalue weighted by molar-refractivity contribution is 0.0564. The number of para-hydroxylation sites is 1. The van der Waals surface area contributed by atoms with Crippen LogP contribution in [0.1, 0.15) is 23.2 Å². The molecule has 3 heterocycles. The number of nitrogens with one attached hydrogen (secondary N) is 2. The molecule has 2 saturated heterocycles. The highest BCUT2D eigenvalue weighted by Crippen LogP contribution is 2.31. The van der Waals surface area contributed by atoms with E-state index >= 15 is 0 Å². The first-order valence-electron chi connectivity index (χ1n) is 8.54. The van der Waals surface area contributed by atoms with E-state index in [1.165, 1.54) is 6.20 Å². The van der Waals surface area contributed by atoms with E-state index in [1.807, 2.05) is 0 Å². The summed E-state index contributed by atoms with van der Waals surface area (Å²) in [6.45, 7) is 1.61. The van der Waals surface area contributed by atoms with Crippen molar-refractivity contribution in [1.29, 1.82) is 0 Å². The second-order valence-electron chi connectivity index (χ2n) is 6.93. The molecule has 0 atom stereocenters. The average molecular weight is 375 g/mol. The molecule has 0 radical (unpaired) electrons. The third kappa shape index (κ3) is 2.46. The zero-order valence-corrected chi connectivity index (χ0v) is 15.1. The van der Waals surface area contributed by atoms with Crippen molar-refractivity contribution < 1.29 is 9.59 Å². The van der Waals surface area contributed by atoms with Crippen molar-refractivity contribution in [2.24, 2.45) is 0 Å². The predicted octanol–water partition coefficient (Wildman–Crippen LogP) is 1.81. The lowest BCUT2D eigenvalue weighted by Crippen LogP contribution is -2.54. The molecule has 26 heavy (non-hydrogen) atoms. The number of pyridine rings is 1. The van der Waals surface area contributed by atoms with Crippen molar-refractivity contribution in [3.8, 4) is 0 Å². The largest absolute Gasteiger partial charge is 0.359 e. The lowest BCUT2D eigenvalue weighted by atomic mass is 9.87. The van der Waals surface area contributed by atoms with Crippen LogP contribution in [0.5, 0.6) is 0 Å². The third-order valence-electron chi connectivity index (χ3n) is 5.66. The van der Waals surface area contributed by atoms with Gasteiger partial charge in [-0.3, -0.25) is 9.59 Å². The first-order valence-corrected chi connectivity index (χ1v) is 8.92. The smallest absolute Gasteiger partial charge is 0.317 e. The fourth-order valence-electron chi connectivity index (χ4n) is 3.88. The summed E-state index contributed by atoms with van der Waals surface area (Å²) in [6, 6.07) is 4.97. The molecular weight excluding hydrogens is 356 g/mol. The number of hydrogen-bond donors (Lipinski definition) is 2. The number of urea groups is 1. The number of hydrogen-bond acceptors (Lipinski definition) is 3. The van der Waals surface area contributed by atoms with E-state index in [2.05, 4.69) is 10.3 Å². The van der Waals surface area contributed by atoms with Gasteiger partial charge >= 0.3 is 6.03 Å². The van der Waals surface area contributed by atoms with E-state index < -0.39 is 0 Å². The van der Waals surface area contributed by atoms with Crippen LogP contribution in [0.4, 0.5) is 4.79 Å². The molecule has 0 saturated carbocycles. The first kappa shape index (κ1) is 16.9. The highest BCUT2D eigenvalue weighted by molar-refractivity contribution is 6.35. The van der Waals surface area contributed by atoms with Crippen molar-refractivity contribution >= 4 is 34.4 Å². The van der Waals surface area contributed by atoms with E-state index in [1.54, 1.807) is 35.0 Å². The lowest BCUT2D eigenvalue weighted by Gasteiger charge is -2.42. The van der Waals surface area contributed by atoms with Crippen molar-refractivity contribution in [3.05, 3.63) is 45.2 Å². The molecular formula is C18H19ClN4O3. The van der Waals surface area contributed by atoms with Crippen LogP contribution in [0.3, 0.4) is 0 Å². The fourth-order valence-corrected chi connectivity index (χ4v) is 4.10. The molecule has 0 unspecified atom stereocenters. The molecule has 136 valence electrons. The van der Waals surface area contributed by atoms with Crippen LogP contribution < -0.4 is 10.7 Å². The minimum absolute atomic E-state index is 0.0763. The molecule has 2 aliphatic heterocycles. The highest BCUT2D eigenvalue weighted by Gasteiger charge is 2.45. The molecule has 7 nitrogen and oxygen atoms in total. The number of likely N-dealkylation sites (N-methyl/N-ethyl adjacent to an activating group) is 1. The van der Waals surface area contributed by atoms with Gasteiger partial charge in [-0.05, 0) is 25.0 Å². The molecule has 4 rings (SSSR count). The number of piperidine rings is 1. The summed E-state index contributed by atoms with van der Waals surface area (Å²) in [4.78, 5) is 43.7. The van der Waals surface area contributed by atoms with Crippen LogP contribution in [-0.2, 0) is 0 Å². The first-order chi connectivity index (χ1) is 12.4. The summed E-state index contributed by atoms with van der Waals surface area (Å²) in [5.41, 5.74) is 0.0912. The Morgan fingerprint density at radius 3 is 2.62 bits per heavy atom. The Hall–Kier alpha value is -2.54. The molecule has 1 aromatic heterocycles. The van der Waals surface area contributed by atoms with E-state index in [9.17, 15) is 14.4 Å². The molecule has 0 bridgehead atoms. The number of likely N-dealkylation sites (tertiary alicyclic amines) is 1. The third-order valence-corrected chi connectivity index (χ3v) is 5.98. The van der Waals surface area contributed by atoms with Gasteiger partial charge in [-0.2, -0.15) is 0 Å². The molecule has 0 aliphatic carbocycles. The van der Waals surface area contributed by atoms with Crippen LogP contribution in [0, 0.1) is 0 Å². The summed E-state index contributed by atoms with van der Waals surface area (Å²) in [7, 11) is 1.79. The number of aromatic nitrogens is 1. The summed E-state index contributed by atoms with van der Waals surface area (Å²) >= 11 is 6.10. The summed E-state index contributed by atoms with van der Waals surface area (Å²) in [5, 5.41) is 3.71. The minimum atomic E-state index is -0.318. The van der Waals surface area contributed by atoms with Gasteiger partial charge in [0.2, 0.25) is 5.43 Å². The molecule has 1 spiro atoms. The number of H-pyrrole nitrogens is 1. The molecule has 1 aromatic carbocycles. The van der Waals surface area contributed by atoms with Gasteiger partial charge in [-0.1, -0.05) is 17.7 Å². The Labute approximate surface area is 154 Å². The normalized spacial score (nSPS) is 19.2. The van der Waals surface area contributed by atoms with Gasteiger partial charge < -0.3 is 20.1 Å². The topological polar surface area (TPSA) is 85.5 Å². The highest BCUT2D eigenvalue weighted by atomic mass is 35.5. The molecule has 2 N–H and O–H groups in total. The summed E-state index contributed by atoms with van der Waals surface area (Å²) in [6.07, 6.45) is 2.81. The number of amides is 3. The van der Waals surface area contributed by atoms with Gasteiger partial charge in [0.15, 0.2) is 0 Å². The number of rotatable bonds is 1. The van der Waals surface area contributed by atoms with Crippen molar-refractivity contribution in [2.45, 2.75) is 18.4 Å².